The number of nitrogens with zero attached hydrogens (tertiary/aromatic N) is 2. The SMILES string of the molecule is COc1ccccc1C1=NOC(CN(Cc2ccc(C(F)(F)F)cc2)C(=O)C2CCC2)C1. The monoisotopic (exact) mass is 446 g/mol. The number of hydrogen-bond donors (Lipinski definition) is 0. The molecule has 0 radical (unpaired) electrons. The van der Waals surface area contributed by atoms with Gasteiger partial charge in [-0.15, -0.1) is 0 Å². The van der Waals surface area contributed by atoms with E-state index in [1.54, 1.807) is 12.0 Å². The van der Waals surface area contributed by atoms with E-state index in [1.807, 2.05) is 24.3 Å². The minimum atomic E-state index is -4.39. The summed E-state index contributed by atoms with van der Waals surface area (Å²) in [5.41, 5.74) is 1.54. The molecule has 1 saturated carbocycles. The molecule has 0 saturated heterocycles. The summed E-state index contributed by atoms with van der Waals surface area (Å²) in [6, 6.07) is 12.5. The van der Waals surface area contributed by atoms with Gasteiger partial charge in [0, 0.05) is 24.4 Å². The van der Waals surface area contributed by atoms with Crippen LogP contribution in [0.15, 0.2) is 53.7 Å². The van der Waals surface area contributed by atoms with Crippen LogP contribution in [0.5, 0.6) is 5.75 Å². The molecule has 8 heteroatoms. The smallest absolute Gasteiger partial charge is 0.416 e. The summed E-state index contributed by atoms with van der Waals surface area (Å²) in [5.74, 6) is 0.689. The number of rotatable bonds is 7. The molecule has 1 atom stereocenters. The zero-order valence-corrected chi connectivity index (χ0v) is 17.8. The maximum Gasteiger partial charge on any atom is 0.416 e. The summed E-state index contributed by atoms with van der Waals surface area (Å²) in [6.45, 7) is 0.551. The van der Waals surface area contributed by atoms with E-state index in [-0.39, 0.29) is 24.5 Å². The standard InChI is InChI=1S/C24H25F3N2O3/c1-31-22-8-3-2-7-20(22)21-13-19(32-28-21)15-29(23(30)17-5-4-6-17)14-16-9-11-18(12-10-16)24(25,26)27/h2-3,7-12,17,19H,4-6,13-15H2,1H3. The first-order valence-electron chi connectivity index (χ1n) is 10.7. The Labute approximate surface area is 184 Å². The number of halogens is 3. The molecule has 32 heavy (non-hydrogen) atoms. The molecule has 170 valence electrons. The summed E-state index contributed by atoms with van der Waals surface area (Å²) < 4.78 is 44.0. The molecule has 4 rings (SSSR count). The largest absolute Gasteiger partial charge is 0.496 e. The topological polar surface area (TPSA) is 51.1 Å². The fourth-order valence-corrected chi connectivity index (χ4v) is 3.98. The Kier molecular flexibility index (Phi) is 6.39. The Morgan fingerprint density at radius 3 is 2.50 bits per heavy atom. The first kappa shape index (κ1) is 22.2. The minimum absolute atomic E-state index is 0.0190. The van der Waals surface area contributed by atoms with E-state index in [9.17, 15) is 18.0 Å². The molecule has 1 heterocycles. The highest BCUT2D eigenvalue weighted by Gasteiger charge is 2.34. The van der Waals surface area contributed by atoms with E-state index in [2.05, 4.69) is 5.16 Å². The van der Waals surface area contributed by atoms with Gasteiger partial charge in [-0.1, -0.05) is 35.8 Å². The average molecular weight is 446 g/mol. The van der Waals surface area contributed by atoms with Crippen molar-refractivity contribution in [2.24, 2.45) is 11.1 Å². The van der Waals surface area contributed by atoms with Crippen molar-refractivity contribution < 1.29 is 27.5 Å². The number of para-hydroxylation sites is 1. The van der Waals surface area contributed by atoms with Crippen LogP contribution in [0.2, 0.25) is 0 Å². The van der Waals surface area contributed by atoms with E-state index >= 15 is 0 Å². The summed E-state index contributed by atoms with van der Waals surface area (Å²) in [5, 5.41) is 4.21. The maximum absolute atomic E-state index is 13.0. The van der Waals surface area contributed by atoms with Gasteiger partial charge in [0.25, 0.3) is 0 Å². The third kappa shape index (κ3) is 4.89. The number of carbonyl (C=O) groups excluding carboxylic acids is 1. The van der Waals surface area contributed by atoms with Gasteiger partial charge in [0.15, 0.2) is 6.10 Å². The number of ether oxygens (including phenoxy) is 1. The van der Waals surface area contributed by atoms with Crippen molar-refractivity contribution in [3.63, 3.8) is 0 Å². The van der Waals surface area contributed by atoms with Gasteiger partial charge in [0.05, 0.1) is 24.9 Å². The highest BCUT2D eigenvalue weighted by atomic mass is 19.4. The Morgan fingerprint density at radius 2 is 1.88 bits per heavy atom. The van der Waals surface area contributed by atoms with Gasteiger partial charge in [0.2, 0.25) is 5.91 Å². The lowest BCUT2D eigenvalue weighted by molar-refractivity contribution is -0.141. The number of amides is 1. The van der Waals surface area contributed by atoms with Crippen molar-refractivity contribution in [1.82, 2.24) is 4.90 Å². The second-order valence-corrected chi connectivity index (χ2v) is 8.21. The highest BCUT2D eigenvalue weighted by molar-refractivity contribution is 6.03. The third-order valence-electron chi connectivity index (χ3n) is 6.00. The number of methoxy groups -OCH3 is 1. The molecule has 1 unspecified atom stereocenters. The zero-order chi connectivity index (χ0) is 22.7. The predicted octanol–water partition coefficient (Wildman–Crippen LogP) is 5.04. The summed E-state index contributed by atoms with van der Waals surface area (Å²) >= 11 is 0. The van der Waals surface area contributed by atoms with E-state index in [0.717, 1.165) is 42.7 Å². The molecule has 1 amide bonds. The Balaban J connectivity index is 1.45. The van der Waals surface area contributed by atoms with Crippen molar-refractivity contribution in [2.45, 2.75) is 44.5 Å². The molecular weight excluding hydrogens is 421 g/mol. The molecule has 2 aromatic rings. The second-order valence-electron chi connectivity index (χ2n) is 8.21. The van der Waals surface area contributed by atoms with E-state index in [0.29, 0.717) is 24.3 Å². The molecule has 0 spiro atoms. The first-order valence-corrected chi connectivity index (χ1v) is 10.7. The first-order chi connectivity index (χ1) is 15.3. The van der Waals surface area contributed by atoms with E-state index in [4.69, 9.17) is 9.57 Å². The molecule has 2 aromatic carbocycles. The minimum Gasteiger partial charge on any atom is -0.496 e. The van der Waals surface area contributed by atoms with Gasteiger partial charge in [0.1, 0.15) is 5.75 Å². The van der Waals surface area contributed by atoms with E-state index in [1.165, 1.54) is 12.1 Å². The van der Waals surface area contributed by atoms with Gasteiger partial charge in [-0.05, 0) is 42.7 Å². The molecule has 0 N–H and O–H groups in total. The van der Waals surface area contributed by atoms with Crippen LogP contribution in [-0.2, 0) is 22.4 Å². The summed E-state index contributed by atoms with van der Waals surface area (Å²) in [6.07, 6.45) is -1.49. The van der Waals surface area contributed by atoms with Crippen LogP contribution in [-0.4, -0.2) is 36.3 Å². The molecule has 1 fully saturated rings. The number of carbonyl (C=O) groups is 1. The van der Waals surface area contributed by atoms with Crippen molar-refractivity contribution in [2.75, 3.05) is 13.7 Å². The fraction of sp³-hybridized carbons (Fsp3) is 0.417. The van der Waals surface area contributed by atoms with Gasteiger partial charge in [-0.2, -0.15) is 13.2 Å². The highest BCUT2D eigenvalue weighted by Crippen LogP contribution is 2.32. The van der Waals surface area contributed by atoms with Crippen molar-refractivity contribution in [1.29, 1.82) is 0 Å². The van der Waals surface area contributed by atoms with Gasteiger partial charge in [-0.25, -0.2) is 0 Å². The van der Waals surface area contributed by atoms with Crippen molar-refractivity contribution in [3.8, 4) is 5.75 Å². The second kappa shape index (κ2) is 9.22. The maximum atomic E-state index is 13.0. The molecule has 2 aliphatic rings. The van der Waals surface area contributed by atoms with Crippen LogP contribution in [0.1, 0.15) is 42.4 Å². The molecule has 1 aliphatic carbocycles. The van der Waals surface area contributed by atoms with Crippen molar-refractivity contribution >= 4 is 11.6 Å². The lowest BCUT2D eigenvalue weighted by Crippen LogP contribution is -2.42. The predicted molar refractivity (Wildman–Crippen MR) is 113 cm³/mol. The van der Waals surface area contributed by atoms with Crippen LogP contribution in [0.4, 0.5) is 13.2 Å². The molecule has 0 aromatic heterocycles. The lowest BCUT2D eigenvalue weighted by Gasteiger charge is -2.32. The summed E-state index contributed by atoms with van der Waals surface area (Å²) in [4.78, 5) is 20.3. The molecular formula is C24H25F3N2O3. The number of oxime groups is 1. The van der Waals surface area contributed by atoms with Crippen LogP contribution in [0.25, 0.3) is 0 Å². The van der Waals surface area contributed by atoms with Gasteiger partial charge >= 0.3 is 6.18 Å². The number of alkyl halides is 3. The fourth-order valence-electron chi connectivity index (χ4n) is 3.98. The zero-order valence-electron chi connectivity index (χ0n) is 17.8. The van der Waals surface area contributed by atoms with Crippen LogP contribution < -0.4 is 4.74 Å². The Bertz CT molecular complexity index is 985. The van der Waals surface area contributed by atoms with Crippen molar-refractivity contribution in [3.05, 3.63) is 65.2 Å². The van der Waals surface area contributed by atoms with Crippen LogP contribution in [0, 0.1) is 5.92 Å². The Morgan fingerprint density at radius 1 is 1.16 bits per heavy atom. The summed E-state index contributed by atoms with van der Waals surface area (Å²) in [7, 11) is 1.59. The van der Waals surface area contributed by atoms with Crippen LogP contribution in [0.3, 0.4) is 0 Å². The average Bonchev–Trinajstić information content (AvgIpc) is 3.20. The van der Waals surface area contributed by atoms with Crippen LogP contribution >= 0.6 is 0 Å². The quantitative estimate of drug-likeness (QED) is 0.599. The number of benzene rings is 2. The molecule has 5 nitrogen and oxygen atoms in total. The Hall–Kier alpha value is -3.03. The number of hydrogen-bond acceptors (Lipinski definition) is 4. The van der Waals surface area contributed by atoms with Gasteiger partial charge in [-0.3, -0.25) is 4.79 Å². The lowest BCUT2D eigenvalue weighted by atomic mass is 9.84. The molecule has 0 bridgehead atoms. The van der Waals surface area contributed by atoms with Gasteiger partial charge < -0.3 is 14.5 Å². The molecule has 1 aliphatic heterocycles. The third-order valence-corrected chi connectivity index (χ3v) is 6.00. The van der Waals surface area contributed by atoms with E-state index < -0.39 is 11.7 Å². The normalized spacial score (nSPS) is 18.5.